The molecule has 0 aromatic rings. The van der Waals surface area contributed by atoms with E-state index >= 15 is 0 Å². The highest BCUT2D eigenvalue weighted by molar-refractivity contribution is 5.75. The average Bonchev–Trinajstić information content (AvgIpc) is 2.65. The summed E-state index contributed by atoms with van der Waals surface area (Å²) in [6.45, 7) is 7.27. The predicted octanol–water partition coefficient (Wildman–Crippen LogP) is 3.33. The number of hydrogen-bond acceptors (Lipinski definition) is 5. The molecule has 0 rings (SSSR count). The highest BCUT2D eigenvalue weighted by Gasteiger charge is 2.00. The van der Waals surface area contributed by atoms with Crippen molar-refractivity contribution in [1.29, 1.82) is 0 Å². The first-order valence-corrected chi connectivity index (χ1v) is 10.3. The van der Waals surface area contributed by atoms with Crippen molar-refractivity contribution in [3.8, 4) is 0 Å². The third-order valence-electron chi connectivity index (χ3n) is 3.96. The molecular formula is C20H41NO5. The van der Waals surface area contributed by atoms with Gasteiger partial charge in [-0.05, 0) is 19.3 Å². The summed E-state index contributed by atoms with van der Waals surface area (Å²) in [6, 6.07) is 0. The van der Waals surface area contributed by atoms with Crippen LogP contribution >= 0.6 is 0 Å². The Kier molecular flexibility index (Phi) is 21.8. The van der Waals surface area contributed by atoms with Gasteiger partial charge in [-0.2, -0.15) is 0 Å². The Labute approximate surface area is 160 Å². The molecule has 0 bridgehead atoms. The second kappa shape index (κ2) is 22.4. The van der Waals surface area contributed by atoms with E-state index in [0.717, 1.165) is 45.3 Å². The number of hydrogen-bond donors (Lipinski definition) is 1. The molecule has 0 aliphatic heterocycles. The van der Waals surface area contributed by atoms with Gasteiger partial charge in [0.25, 0.3) is 0 Å². The van der Waals surface area contributed by atoms with Gasteiger partial charge in [0, 0.05) is 33.3 Å². The molecule has 0 atom stereocenters. The Morgan fingerprint density at radius 3 is 1.92 bits per heavy atom. The molecule has 0 unspecified atom stereocenters. The summed E-state index contributed by atoms with van der Waals surface area (Å²) in [5.41, 5.74) is 0. The molecule has 0 spiro atoms. The summed E-state index contributed by atoms with van der Waals surface area (Å²) < 4.78 is 21.3. The molecule has 6 heteroatoms. The molecule has 0 aromatic heterocycles. The molecule has 0 saturated carbocycles. The fourth-order valence-corrected chi connectivity index (χ4v) is 2.38. The van der Waals surface area contributed by atoms with Gasteiger partial charge in [-0.15, -0.1) is 0 Å². The molecule has 1 N–H and O–H groups in total. The number of rotatable bonds is 21. The summed E-state index contributed by atoms with van der Waals surface area (Å²) in [4.78, 5) is 11.7. The van der Waals surface area contributed by atoms with Crippen molar-refractivity contribution in [2.45, 2.75) is 64.7 Å². The van der Waals surface area contributed by atoms with E-state index < -0.39 is 0 Å². The van der Waals surface area contributed by atoms with E-state index in [1.807, 2.05) is 0 Å². The Balaban J connectivity index is 3.13. The van der Waals surface area contributed by atoms with Crippen molar-refractivity contribution >= 4 is 5.91 Å². The minimum Gasteiger partial charge on any atom is -0.385 e. The zero-order valence-electron chi connectivity index (χ0n) is 17.1. The molecule has 0 saturated heterocycles. The van der Waals surface area contributed by atoms with E-state index in [0.29, 0.717) is 46.0 Å². The van der Waals surface area contributed by atoms with Gasteiger partial charge in [0.2, 0.25) is 5.91 Å². The van der Waals surface area contributed by atoms with E-state index in [1.165, 1.54) is 19.3 Å². The first-order chi connectivity index (χ1) is 12.8. The molecule has 0 radical (unpaired) electrons. The summed E-state index contributed by atoms with van der Waals surface area (Å²) in [5, 5.41) is 2.89. The molecule has 0 aliphatic carbocycles. The van der Waals surface area contributed by atoms with Crippen LogP contribution in [-0.4, -0.2) is 65.8 Å². The fourth-order valence-electron chi connectivity index (χ4n) is 2.38. The molecule has 0 aromatic carbocycles. The lowest BCUT2D eigenvalue weighted by Crippen LogP contribution is -2.27. The van der Waals surface area contributed by atoms with Crippen molar-refractivity contribution in [2.75, 3.05) is 59.9 Å². The van der Waals surface area contributed by atoms with Gasteiger partial charge in [-0.1, -0.05) is 39.0 Å². The van der Waals surface area contributed by atoms with Crippen LogP contribution in [0.2, 0.25) is 0 Å². The standard InChI is InChI=1S/C20H41NO5/c1-3-4-14-24-16-18-26-19-17-25-15-12-21-20(22)11-9-7-5-6-8-10-13-23-2/h3-19H2,1-2H3,(H,21,22). The Morgan fingerprint density at radius 2 is 1.27 bits per heavy atom. The summed E-state index contributed by atoms with van der Waals surface area (Å²) in [7, 11) is 1.74. The number of carbonyl (C=O) groups excluding carboxylic acids is 1. The third-order valence-corrected chi connectivity index (χ3v) is 3.96. The summed E-state index contributed by atoms with van der Waals surface area (Å²) >= 11 is 0. The van der Waals surface area contributed by atoms with E-state index in [9.17, 15) is 4.79 Å². The molecule has 0 aliphatic rings. The van der Waals surface area contributed by atoms with Gasteiger partial charge >= 0.3 is 0 Å². The van der Waals surface area contributed by atoms with Gasteiger partial charge in [0.15, 0.2) is 0 Å². The van der Waals surface area contributed by atoms with Gasteiger partial charge in [0.05, 0.1) is 33.0 Å². The fraction of sp³-hybridized carbons (Fsp3) is 0.950. The number of nitrogens with one attached hydrogen (secondary N) is 1. The van der Waals surface area contributed by atoms with Crippen LogP contribution in [0.1, 0.15) is 64.7 Å². The maximum atomic E-state index is 11.7. The van der Waals surface area contributed by atoms with E-state index in [-0.39, 0.29) is 5.91 Å². The summed E-state index contributed by atoms with van der Waals surface area (Å²) in [5.74, 6) is 0.119. The van der Waals surface area contributed by atoms with Crippen LogP contribution in [0.4, 0.5) is 0 Å². The highest BCUT2D eigenvalue weighted by atomic mass is 16.5. The van der Waals surface area contributed by atoms with Crippen molar-refractivity contribution < 1.29 is 23.7 Å². The van der Waals surface area contributed by atoms with Crippen LogP contribution in [0.15, 0.2) is 0 Å². The maximum absolute atomic E-state index is 11.7. The second-order valence-corrected chi connectivity index (χ2v) is 6.40. The van der Waals surface area contributed by atoms with Crippen LogP contribution in [0, 0.1) is 0 Å². The van der Waals surface area contributed by atoms with Crippen LogP contribution in [0.3, 0.4) is 0 Å². The normalized spacial score (nSPS) is 11.0. The quantitative estimate of drug-likeness (QED) is 0.312. The van der Waals surface area contributed by atoms with Crippen LogP contribution in [-0.2, 0) is 23.7 Å². The third kappa shape index (κ3) is 21.4. The smallest absolute Gasteiger partial charge is 0.220 e. The number of amides is 1. The molecule has 0 fully saturated rings. The largest absolute Gasteiger partial charge is 0.385 e. The number of carbonyl (C=O) groups is 1. The SMILES string of the molecule is CCCCOCCOCCOCCNC(=O)CCCCCCCCOC. The Bertz CT molecular complexity index is 289. The van der Waals surface area contributed by atoms with Crippen molar-refractivity contribution in [3.63, 3.8) is 0 Å². The van der Waals surface area contributed by atoms with Gasteiger partial charge < -0.3 is 24.3 Å². The van der Waals surface area contributed by atoms with E-state index in [2.05, 4.69) is 12.2 Å². The molecule has 1 amide bonds. The van der Waals surface area contributed by atoms with E-state index in [4.69, 9.17) is 18.9 Å². The first kappa shape index (κ1) is 25.3. The minimum atomic E-state index is 0.119. The number of unbranched alkanes of at least 4 members (excludes halogenated alkanes) is 6. The van der Waals surface area contributed by atoms with Gasteiger partial charge in [0.1, 0.15) is 0 Å². The first-order valence-electron chi connectivity index (χ1n) is 10.3. The van der Waals surface area contributed by atoms with Crippen LogP contribution in [0.25, 0.3) is 0 Å². The van der Waals surface area contributed by atoms with Crippen molar-refractivity contribution in [2.24, 2.45) is 0 Å². The molecular weight excluding hydrogens is 334 g/mol. The van der Waals surface area contributed by atoms with E-state index in [1.54, 1.807) is 7.11 Å². The lowest BCUT2D eigenvalue weighted by molar-refractivity contribution is -0.121. The average molecular weight is 376 g/mol. The second-order valence-electron chi connectivity index (χ2n) is 6.40. The zero-order valence-corrected chi connectivity index (χ0v) is 17.1. The number of ether oxygens (including phenoxy) is 4. The minimum absolute atomic E-state index is 0.119. The molecule has 156 valence electrons. The van der Waals surface area contributed by atoms with Crippen molar-refractivity contribution in [1.82, 2.24) is 5.32 Å². The van der Waals surface area contributed by atoms with Crippen molar-refractivity contribution in [3.05, 3.63) is 0 Å². The highest BCUT2D eigenvalue weighted by Crippen LogP contribution is 2.07. The Hall–Kier alpha value is -0.690. The molecule has 0 heterocycles. The van der Waals surface area contributed by atoms with Gasteiger partial charge in [-0.25, -0.2) is 0 Å². The van der Waals surface area contributed by atoms with Crippen LogP contribution < -0.4 is 5.32 Å². The topological polar surface area (TPSA) is 66.0 Å². The molecule has 6 nitrogen and oxygen atoms in total. The Morgan fingerprint density at radius 1 is 0.692 bits per heavy atom. The zero-order chi connectivity index (χ0) is 19.1. The lowest BCUT2D eigenvalue weighted by atomic mass is 10.1. The lowest BCUT2D eigenvalue weighted by Gasteiger charge is -2.08. The summed E-state index contributed by atoms with van der Waals surface area (Å²) in [6.07, 6.45) is 9.72. The maximum Gasteiger partial charge on any atom is 0.220 e. The predicted molar refractivity (Wildman–Crippen MR) is 105 cm³/mol. The number of methoxy groups -OCH3 is 1. The molecule has 26 heavy (non-hydrogen) atoms. The van der Waals surface area contributed by atoms with Crippen LogP contribution in [0.5, 0.6) is 0 Å². The monoisotopic (exact) mass is 375 g/mol. The van der Waals surface area contributed by atoms with Gasteiger partial charge in [-0.3, -0.25) is 4.79 Å².